The second kappa shape index (κ2) is 4.23. The number of hydrogen-bond donors (Lipinski definition) is 1. The van der Waals surface area contributed by atoms with Crippen LogP contribution in [0.1, 0.15) is 11.3 Å². The predicted octanol–water partition coefficient (Wildman–Crippen LogP) is 2.70. The third-order valence-corrected chi connectivity index (χ3v) is 2.58. The van der Waals surface area contributed by atoms with Crippen molar-refractivity contribution in [1.82, 2.24) is 4.98 Å². The van der Waals surface area contributed by atoms with Gasteiger partial charge in [-0.2, -0.15) is 0 Å². The predicted molar refractivity (Wildman–Crippen MR) is 64.7 cm³/mol. The molecular weight excluding hydrogens is 202 g/mol. The number of aldehydes is 1. The molecule has 0 bridgehead atoms. The lowest BCUT2D eigenvalue weighted by atomic mass is 10.1. The Labute approximate surface area is 93.7 Å². The topological polar surface area (TPSA) is 42.1 Å². The molecule has 1 aromatic carbocycles. The number of ether oxygens (including phenoxy) is 1. The highest BCUT2D eigenvalue weighted by molar-refractivity contribution is 5.93. The fraction of sp³-hybridized carbons (Fsp3) is 0.154. The Morgan fingerprint density at radius 2 is 2.19 bits per heavy atom. The molecule has 0 unspecified atom stereocenters. The minimum Gasteiger partial charge on any atom is -0.497 e. The Morgan fingerprint density at radius 3 is 2.88 bits per heavy atom. The van der Waals surface area contributed by atoms with Crippen molar-refractivity contribution in [3.05, 3.63) is 35.5 Å². The molecule has 2 aromatic rings. The molecule has 0 spiro atoms. The van der Waals surface area contributed by atoms with E-state index in [1.165, 1.54) is 6.08 Å². The fourth-order valence-corrected chi connectivity index (χ4v) is 1.80. The van der Waals surface area contributed by atoms with Crippen molar-refractivity contribution < 1.29 is 9.53 Å². The third kappa shape index (κ3) is 1.72. The summed E-state index contributed by atoms with van der Waals surface area (Å²) in [5, 5.41) is 1.06. The van der Waals surface area contributed by atoms with Crippen LogP contribution in [-0.4, -0.2) is 18.4 Å². The zero-order valence-corrected chi connectivity index (χ0v) is 9.28. The van der Waals surface area contributed by atoms with Gasteiger partial charge in [0.1, 0.15) is 12.0 Å². The summed E-state index contributed by atoms with van der Waals surface area (Å²) in [5.74, 6) is 0.812. The highest BCUT2D eigenvalue weighted by atomic mass is 16.5. The summed E-state index contributed by atoms with van der Waals surface area (Å²) in [6.45, 7) is 1.98. The Balaban J connectivity index is 2.65. The van der Waals surface area contributed by atoms with E-state index in [-0.39, 0.29) is 0 Å². The van der Waals surface area contributed by atoms with Crippen LogP contribution in [0.15, 0.2) is 24.3 Å². The lowest BCUT2D eigenvalue weighted by Gasteiger charge is -1.99. The first kappa shape index (κ1) is 10.5. The van der Waals surface area contributed by atoms with Gasteiger partial charge in [-0.05, 0) is 37.3 Å². The van der Waals surface area contributed by atoms with Crippen LogP contribution in [0.4, 0.5) is 0 Å². The molecule has 0 aliphatic heterocycles. The number of rotatable bonds is 3. The molecule has 16 heavy (non-hydrogen) atoms. The second-order valence-corrected chi connectivity index (χ2v) is 3.57. The van der Waals surface area contributed by atoms with Gasteiger partial charge in [-0.1, -0.05) is 0 Å². The van der Waals surface area contributed by atoms with E-state index < -0.39 is 0 Å². The molecule has 0 aliphatic carbocycles. The molecule has 0 saturated carbocycles. The number of carbonyl (C=O) groups excluding carboxylic acids is 1. The number of methoxy groups -OCH3 is 1. The average Bonchev–Trinajstić information content (AvgIpc) is 2.61. The molecule has 3 nitrogen and oxygen atoms in total. The van der Waals surface area contributed by atoms with Crippen molar-refractivity contribution in [3.63, 3.8) is 0 Å². The summed E-state index contributed by atoms with van der Waals surface area (Å²) < 4.78 is 5.18. The molecule has 0 fully saturated rings. The van der Waals surface area contributed by atoms with Crippen LogP contribution in [0.3, 0.4) is 0 Å². The largest absolute Gasteiger partial charge is 0.497 e. The number of aryl methyl sites for hydroxylation is 1. The van der Waals surface area contributed by atoms with E-state index in [9.17, 15) is 4.79 Å². The maximum absolute atomic E-state index is 10.3. The number of allylic oxidation sites excluding steroid dienone is 1. The highest BCUT2D eigenvalue weighted by Gasteiger charge is 2.06. The Kier molecular flexibility index (Phi) is 2.77. The zero-order chi connectivity index (χ0) is 11.5. The van der Waals surface area contributed by atoms with Crippen LogP contribution in [0.2, 0.25) is 0 Å². The van der Waals surface area contributed by atoms with Gasteiger partial charge in [0, 0.05) is 22.2 Å². The van der Waals surface area contributed by atoms with Crippen molar-refractivity contribution in [1.29, 1.82) is 0 Å². The summed E-state index contributed by atoms with van der Waals surface area (Å²) in [5.41, 5.74) is 3.12. The SMILES string of the molecule is COc1ccc2[nH]c(C)c(/C=C/C=O)c2c1. The Morgan fingerprint density at radius 1 is 1.38 bits per heavy atom. The molecule has 0 aliphatic rings. The molecule has 82 valence electrons. The van der Waals surface area contributed by atoms with E-state index in [1.54, 1.807) is 13.2 Å². The maximum Gasteiger partial charge on any atom is 0.142 e. The van der Waals surface area contributed by atoms with Crippen molar-refractivity contribution in [2.24, 2.45) is 0 Å². The van der Waals surface area contributed by atoms with E-state index >= 15 is 0 Å². The van der Waals surface area contributed by atoms with Gasteiger partial charge in [0.15, 0.2) is 0 Å². The summed E-state index contributed by atoms with van der Waals surface area (Å²) in [6, 6.07) is 5.84. The van der Waals surface area contributed by atoms with E-state index in [2.05, 4.69) is 4.98 Å². The van der Waals surface area contributed by atoms with Gasteiger partial charge in [-0.3, -0.25) is 4.79 Å². The number of hydrogen-bond acceptors (Lipinski definition) is 2. The number of nitrogens with one attached hydrogen (secondary N) is 1. The monoisotopic (exact) mass is 215 g/mol. The lowest BCUT2D eigenvalue weighted by Crippen LogP contribution is -1.81. The summed E-state index contributed by atoms with van der Waals surface area (Å²) >= 11 is 0. The molecule has 2 rings (SSSR count). The lowest BCUT2D eigenvalue weighted by molar-refractivity contribution is -0.104. The van der Waals surface area contributed by atoms with Crippen molar-refractivity contribution >= 4 is 23.3 Å². The quantitative estimate of drug-likeness (QED) is 0.631. The fourth-order valence-electron chi connectivity index (χ4n) is 1.80. The second-order valence-electron chi connectivity index (χ2n) is 3.57. The number of fused-ring (bicyclic) bond motifs is 1. The van der Waals surface area contributed by atoms with Crippen LogP contribution in [0.5, 0.6) is 5.75 Å². The maximum atomic E-state index is 10.3. The van der Waals surface area contributed by atoms with E-state index in [0.29, 0.717) is 0 Å². The molecule has 1 heterocycles. The number of H-pyrrole nitrogens is 1. The average molecular weight is 215 g/mol. The number of aromatic nitrogens is 1. The van der Waals surface area contributed by atoms with E-state index in [1.807, 2.05) is 25.1 Å². The zero-order valence-electron chi connectivity index (χ0n) is 9.28. The smallest absolute Gasteiger partial charge is 0.142 e. The molecule has 0 amide bonds. The van der Waals surface area contributed by atoms with Crippen LogP contribution < -0.4 is 4.74 Å². The Hall–Kier alpha value is -2.03. The molecule has 1 N–H and O–H groups in total. The normalized spacial score (nSPS) is 11.1. The first-order valence-corrected chi connectivity index (χ1v) is 5.04. The van der Waals surface area contributed by atoms with Gasteiger partial charge in [-0.25, -0.2) is 0 Å². The number of carbonyl (C=O) groups is 1. The van der Waals surface area contributed by atoms with Gasteiger partial charge in [0.2, 0.25) is 0 Å². The van der Waals surface area contributed by atoms with Crippen LogP contribution >= 0.6 is 0 Å². The summed E-state index contributed by atoms with van der Waals surface area (Å²) in [7, 11) is 1.64. The minimum absolute atomic E-state index is 0.776. The van der Waals surface area contributed by atoms with Crippen LogP contribution in [0.25, 0.3) is 17.0 Å². The van der Waals surface area contributed by atoms with Gasteiger partial charge >= 0.3 is 0 Å². The first-order valence-electron chi connectivity index (χ1n) is 5.04. The molecule has 0 saturated heterocycles. The highest BCUT2D eigenvalue weighted by Crippen LogP contribution is 2.27. The number of benzene rings is 1. The van der Waals surface area contributed by atoms with Gasteiger partial charge in [0.05, 0.1) is 7.11 Å². The van der Waals surface area contributed by atoms with Crippen molar-refractivity contribution in [2.75, 3.05) is 7.11 Å². The van der Waals surface area contributed by atoms with Crippen molar-refractivity contribution in [2.45, 2.75) is 6.92 Å². The van der Waals surface area contributed by atoms with Gasteiger partial charge < -0.3 is 9.72 Å². The molecule has 1 aromatic heterocycles. The third-order valence-electron chi connectivity index (χ3n) is 2.58. The minimum atomic E-state index is 0.776. The van der Waals surface area contributed by atoms with Crippen molar-refractivity contribution in [3.8, 4) is 5.75 Å². The van der Waals surface area contributed by atoms with Gasteiger partial charge in [-0.15, -0.1) is 0 Å². The molecule has 0 radical (unpaired) electrons. The molecule has 3 heteroatoms. The van der Waals surface area contributed by atoms with Crippen LogP contribution in [0, 0.1) is 6.92 Å². The van der Waals surface area contributed by atoms with Gasteiger partial charge in [0.25, 0.3) is 0 Å². The standard InChI is InChI=1S/C13H13NO2/c1-9-11(4-3-7-15)12-8-10(16-2)5-6-13(12)14-9/h3-8,14H,1-2H3/b4-3+. The molecule has 0 atom stereocenters. The Bertz CT molecular complexity index is 552. The van der Waals surface area contributed by atoms with E-state index in [0.717, 1.165) is 34.2 Å². The summed E-state index contributed by atoms with van der Waals surface area (Å²) in [6.07, 6.45) is 4.08. The summed E-state index contributed by atoms with van der Waals surface area (Å²) in [4.78, 5) is 13.6. The number of aromatic amines is 1. The van der Waals surface area contributed by atoms with Crippen LogP contribution in [-0.2, 0) is 4.79 Å². The first-order chi connectivity index (χ1) is 7.76. The van der Waals surface area contributed by atoms with E-state index in [4.69, 9.17) is 4.74 Å². The molecular formula is C13H13NO2.